The molecule has 0 unspecified atom stereocenters. The second-order valence-corrected chi connectivity index (χ2v) is 12.0. The van der Waals surface area contributed by atoms with E-state index < -0.39 is 0 Å². The normalized spacial score (nSPS) is 11.8. The topological polar surface area (TPSA) is 51.8 Å². The van der Waals surface area contributed by atoms with Crippen LogP contribution in [0.4, 0.5) is 0 Å². The van der Waals surface area contributed by atoms with E-state index in [1.165, 1.54) is 0 Å². The summed E-state index contributed by atoms with van der Waals surface area (Å²) in [4.78, 5) is 15.4. The Balaban J connectivity index is 1.18. The first-order chi connectivity index (χ1) is 23.3. The number of pyridine rings is 3. The average molecular weight is 600 g/mol. The average Bonchev–Trinajstić information content (AvgIpc) is 3.53. The number of hydrogen-bond donors (Lipinski definition) is 0. The van der Waals surface area contributed by atoms with Gasteiger partial charge in [0.25, 0.3) is 0 Å². The second kappa shape index (κ2) is 10.1. The molecule has 0 saturated heterocycles. The van der Waals surface area contributed by atoms with Crippen LogP contribution in [0.3, 0.4) is 0 Å². The van der Waals surface area contributed by atoms with Crippen molar-refractivity contribution in [3.8, 4) is 33.8 Å². The lowest BCUT2D eigenvalue weighted by molar-refractivity contribution is 0.673. The Morgan fingerprint density at radius 3 is 1.77 bits per heavy atom. The van der Waals surface area contributed by atoms with Gasteiger partial charge in [-0.15, -0.1) is 0 Å². The Morgan fingerprint density at radius 2 is 1.02 bits per heavy atom. The van der Waals surface area contributed by atoms with E-state index in [0.717, 1.165) is 99.2 Å². The number of benzene rings is 6. The summed E-state index contributed by atoms with van der Waals surface area (Å²) in [5, 5.41) is 7.51. The molecule has 6 aromatic carbocycles. The summed E-state index contributed by atoms with van der Waals surface area (Å²) in [5.41, 5.74) is 10.5. The highest BCUT2D eigenvalue weighted by Gasteiger charge is 2.18. The van der Waals surface area contributed by atoms with E-state index in [4.69, 9.17) is 19.4 Å². The molecule has 0 aliphatic heterocycles. The number of hydrogen-bond acceptors (Lipinski definition) is 4. The molecule has 4 nitrogen and oxygen atoms in total. The fraction of sp³-hybridized carbons (Fsp3) is 0. The van der Waals surface area contributed by atoms with Crippen LogP contribution in [0.1, 0.15) is 0 Å². The third-order valence-corrected chi connectivity index (χ3v) is 9.23. The first kappa shape index (κ1) is 25.9. The van der Waals surface area contributed by atoms with Gasteiger partial charge in [0.1, 0.15) is 11.2 Å². The number of nitrogens with zero attached hydrogens (tertiary/aromatic N) is 3. The number of rotatable bonds is 3. The Hall–Kier alpha value is -6.39. The van der Waals surface area contributed by atoms with E-state index in [0.29, 0.717) is 0 Å². The highest BCUT2D eigenvalue weighted by molar-refractivity contribution is 6.25. The van der Waals surface area contributed by atoms with Gasteiger partial charge >= 0.3 is 0 Å². The van der Waals surface area contributed by atoms with Crippen LogP contribution in [0.25, 0.3) is 99.2 Å². The Bertz CT molecular complexity index is 2840. The van der Waals surface area contributed by atoms with Crippen LogP contribution in [-0.4, -0.2) is 15.0 Å². The second-order valence-electron chi connectivity index (χ2n) is 12.0. The van der Waals surface area contributed by atoms with Gasteiger partial charge in [-0.1, -0.05) is 109 Å². The van der Waals surface area contributed by atoms with Crippen LogP contribution in [-0.2, 0) is 0 Å². The predicted molar refractivity (Wildman–Crippen MR) is 193 cm³/mol. The zero-order chi connectivity index (χ0) is 30.9. The van der Waals surface area contributed by atoms with Crippen molar-refractivity contribution in [2.75, 3.05) is 0 Å². The zero-order valence-corrected chi connectivity index (χ0v) is 25.2. The minimum atomic E-state index is 0.846. The maximum atomic E-state index is 6.68. The van der Waals surface area contributed by atoms with Crippen LogP contribution in [0, 0.1) is 0 Å². The van der Waals surface area contributed by atoms with Crippen molar-refractivity contribution in [3.63, 3.8) is 0 Å². The lowest BCUT2D eigenvalue weighted by atomic mass is 9.97. The van der Waals surface area contributed by atoms with E-state index in [-0.39, 0.29) is 0 Å². The first-order valence-electron chi connectivity index (χ1n) is 15.8. The van der Waals surface area contributed by atoms with Gasteiger partial charge in [0.15, 0.2) is 0 Å². The number of furan rings is 1. The highest BCUT2D eigenvalue weighted by Crippen LogP contribution is 2.41. The Morgan fingerprint density at radius 1 is 0.404 bits per heavy atom. The van der Waals surface area contributed by atoms with Crippen molar-refractivity contribution in [2.24, 2.45) is 0 Å². The summed E-state index contributed by atoms with van der Waals surface area (Å²) in [5.74, 6) is 0. The fourth-order valence-corrected chi connectivity index (χ4v) is 6.94. The molecule has 4 aromatic heterocycles. The first-order valence-corrected chi connectivity index (χ1v) is 15.8. The molecule has 0 amide bonds. The molecule has 4 heterocycles. The summed E-state index contributed by atoms with van der Waals surface area (Å²) in [7, 11) is 0. The molecule has 10 aromatic rings. The third-order valence-electron chi connectivity index (χ3n) is 9.23. The summed E-state index contributed by atoms with van der Waals surface area (Å²) in [6, 6.07) is 52.4. The number of para-hydroxylation sites is 1. The van der Waals surface area contributed by atoms with Gasteiger partial charge in [0, 0.05) is 54.4 Å². The number of aromatic nitrogens is 3. The van der Waals surface area contributed by atoms with Gasteiger partial charge in [-0.05, 0) is 42.5 Å². The van der Waals surface area contributed by atoms with E-state index in [9.17, 15) is 0 Å². The van der Waals surface area contributed by atoms with Gasteiger partial charge in [-0.3, -0.25) is 0 Å². The van der Waals surface area contributed by atoms with Crippen LogP contribution in [0.15, 0.2) is 156 Å². The molecule has 0 fully saturated rings. The van der Waals surface area contributed by atoms with Gasteiger partial charge in [-0.25, -0.2) is 15.0 Å². The highest BCUT2D eigenvalue weighted by atomic mass is 16.3. The van der Waals surface area contributed by atoms with Crippen molar-refractivity contribution >= 4 is 65.4 Å². The lowest BCUT2D eigenvalue weighted by Crippen LogP contribution is -1.91. The van der Waals surface area contributed by atoms with Crippen LogP contribution in [0.5, 0.6) is 0 Å². The molecule has 0 aliphatic rings. The molecule has 47 heavy (non-hydrogen) atoms. The monoisotopic (exact) mass is 599 g/mol. The minimum absolute atomic E-state index is 0.846. The Labute approximate surface area is 269 Å². The molecule has 0 bridgehead atoms. The molecule has 10 rings (SSSR count). The maximum absolute atomic E-state index is 6.68. The van der Waals surface area contributed by atoms with Gasteiger partial charge in [0.05, 0.1) is 33.6 Å². The molecular weight excluding hydrogens is 574 g/mol. The van der Waals surface area contributed by atoms with Gasteiger partial charge in [0.2, 0.25) is 0 Å². The SMILES string of the molecule is c1ccc(-c2ccc3ccc4ccc(-c5ccc6oc7c(ccc8c(-c9ccccc9)nc9ccccc9c87)c6c5)nc4c3n2)cc1. The smallest absolute Gasteiger partial charge is 0.144 e. The largest absolute Gasteiger partial charge is 0.455 e. The molecule has 4 heteroatoms. The summed E-state index contributed by atoms with van der Waals surface area (Å²) >= 11 is 0. The fourth-order valence-electron chi connectivity index (χ4n) is 6.94. The lowest BCUT2D eigenvalue weighted by Gasteiger charge is -2.10. The molecular formula is C43H25N3O. The zero-order valence-electron chi connectivity index (χ0n) is 25.2. The number of fused-ring (bicyclic) bond motifs is 10. The Kier molecular flexibility index (Phi) is 5.54. The van der Waals surface area contributed by atoms with Crippen LogP contribution in [0.2, 0.25) is 0 Å². The van der Waals surface area contributed by atoms with E-state index >= 15 is 0 Å². The predicted octanol–water partition coefficient (Wildman–Crippen LogP) is 11.4. The van der Waals surface area contributed by atoms with E-state index in [1.54, 1.807) is 0 Å². The van der Waals surface area contributed by atoms with Gasteiger partial charge < -0.3 is 4.42 Å². The van der Waals surface area contributed by atoms with Crippen molar-refractivity contribution < 1.29 is 4.42 Å². The van der Waals surface area contributed by atoms with Crippen LogP contribution >= 0.6 is 0 Å². The summed E-state index contributed by atoms with van der Waals surface area (Å²) in [6.45, 7) is 0. The van der Waals surface area contributed by atoms with Crippen molar-refractivity contribution in [1.82, 2.24) is 15.0 Å². The maximum Gasteiger partial charge on any atom is 0.144 e. The molecule has 218 valence electrons. The van der Waals surface area contributed by atoms with Crippen molar-refractivity contribution in [2.45, 2.75) is 0 Å². The minimum Gasteiger partial charge on any atom is -0.455 e. The standard InChI is InChI=1S/C43H25N3O/c1-3-9-26(10-4-1)35-22-17-28-15-16-29-18-23-36(45-42(29)41(28)44-35)30-19-24-38-34(25-30)31-20-21-33-39(43(31)47-38)32-13-7-8-14-37(32)46-40(33)27-11-5-2-6-12-27/h1-25H. The summed E-state index contributed by atoms with van der Waals surface area (Å²) < 4.78 is 6.68. The van der Waals surface area contributed by atoms with Crippen LogP contribution < -0.4 is 0 Å². The molecule has 0 radical (unpaired) electrons. The molecule has 0 atom stereocenters. The molecule has 0 aliphatic carbocycles. The summed E-state index contributed by atoms with van der Waals surface area (Å²) in [6.07, 6.45) is 0. The van der Waals surface area contributed by atoms with Crippen molar-refractivity contribution in [3.05, 3.63) is 152 Å². The van der Waals surface area contributed by atoms with Gasteiger partial charge in [-0.2, -0.15) is 0 Å². The molecule has 0 saturated carbocycles. The molecule has 0 spiro atoms. The van der Waals surface area contributed by atoms with E-state index in [1.807, 2.05) is 30.3 Å². The quantitative estimate of drug-likeness (QED) is 0.190. The van der Waals surface area contributed by atoms with E-state index in [2.05, 4.69) is 121 Å². The van der Waals surface area contributed by atoms with Crippen molar-refractivity contribution in [1.29, 1.82) is 0 Å². The third kappa shape index (κ3) is 4.05. The molecule has 0 N–H and O–H groups in total.